The fourth-order valence-electron chi connectivity index (χ4n) is 3.17. The molecule has 1 aliphatic rings. The molecule has 6 nitrogen and oxygen atoms in total. The second-order valence-electron chi connectivity index (χ2n) is 6.44. The number of hydrogen-bond acceptors (Lipinski definition) is 5. The number of piperidine rings is 1. The van der Waals surface area contributed by atoms with E-state index in [2.05, 4.69) is 10.1 Å². The molecule has 0 bridgehead atoms. The molecule has 1 unspecified atom stereocenters. The molecule has 0 saturated carbocycles. The molecule has 1 aliphatic heterocycles. The van der Waals surface area contributed by atoms with E-state index >= 15 is 0 Å². The van der Waals surface area contributed by atoms with Crippen molar-refractivity contribution in [1.29, 1.82) is 0 Å². The summed E-state index contributed by atoms with van der Waals surface area (Å²) in [7, 11) is 0. The predicted octanol–water partition coefficient (Wildman–Crippen LogP) is 4.40. The van der Waals surface area contributed by atoms with Crippen molar-refractivity contribution in [3.05, 3.63) is 65.4 Å². The van der Waals surface area contributed by atoms with E-state index in [0.29, 0.717) is 35.6 Å². The van der Waals surface area contributed by atoms with Crippen molar-refractivity contribution in [2.75, 3.05) is 13.1 Å². The van der Waals surface area contributed by atoms with Gasteiger partial charge in [-0.1, -0.05) is 28.9 Å². The number of furan rings is 1. The van der Waals surface area contributed by atoms with Gasteiger partial charge in [-0.15, -0.1) is 0 Å². The third-order valence-corrected chi connectivity index (χ3v) is 4.78. The largest absolute Gasteiger partial charge is 0.465 e. The first-order valence-corrected chi connectivity index (χ1v) is 9.17. The molecule has 1 amide bonds. The van der Waals surface area contributed by atoms with E-state index in [-0.39, 0.29) is 11.8 Å². The van der Waals surface area contributed by atoms with Crippen LogP contribution in [0.15, 0.2) is 57.7 Å². The van der Waals surface area contributed by atoms with Crippen LogP contribution in [-0.2, 0) is 4.79 Å². The molecule has 27 heavy (non-hydrogen) atoms. The second-order valence-corrected chi connectivity index (χ2v) is 6.88. The fraction of sp³-hybridized carbons (Fsp3) is 0.250. The molecule has 2 aromatic heterocycles. The van der Waals surface area contributed by atoms with Gasteiger partial charge in [0.25, 0.3) is 0 Å². The first kappa shape index (κ1) is 17.5. The van der Waals surface area contributed by atoms with Gasteiger partial charge in [0.1, 0.15) is 5.76 Å². The van der Waals surface area contributed by atoms with Gasteiger partial charge in [0.05, 0.1) is 12.2 Å². The Morgan fingerprint density at radius 2 is 2.22 bits per heavy atom. The molecule has 0 aliphatic carbocycles. The van der Waals surface area contributed by atoms with Crippen LogP contribution < -0.4 is 0 Å². The van der Waals surface area contributed by atoms with Gasteiger partial charge >= 0.3 is 0 Å². The van der Waals surface area contributed by atoms with Crippen LogP contribution in [0.5, 0.6) is 0 Å². The Morgan fingerprint density at radius 3 is 3.04 bits per heavy atom. The van der Waals surface area contributed by atoms with E-state index in [9.17, 15) is 4.79 Å². The summed E-state index contributed by atoms with van der Waals surface area (Å²) in [6, 6.07) is 10.9. The summed E-state index contributed by atoms with van der Waals surface area (Å²) in [5, 5.41) is 4.69. The molecule has 1 saturated heterocycles. The number of halogens is 1. The Labute approximate surface area is 161 Å². The number of aromatic nitrogens is 2. The third kappa shape index (κ3) is 4.11. The van der Waals surface area contributed by atoms with Crippen molar-refractivity contribution in [3.8, 4) is 11.4 Å². The predicted molar refractivity (Wildman–Crippen MR) is 101 cm³/mol. The molecule has 0 radical (unpaired) electrons. The number of carbonyl (C=O) groups is 1. The zero-order chi connectivity index (χ0) is 18.6. The van der Waals surface area contributed by atoms with Gasteiger partial charge in [-0.3, -0.25) is 4.79 Å². The molecule has 0 spiro atoms. The number of amides is 1. The molecule has 1 atom stereocenters. The fourth-order valence-corrected chi connectivity index (χ4v) is 3.36. The quantitative estimate of drug-likeness (QED) is 0.624. The van der Waals surface area contributed by atoms with Crippen molar-refractivity contribution < 1.29 is 13.7 Å². The summed E-state index contributed by atoms with van der Waals surface area (Å²) < 4.78 is 10.7. The Morgan fingerprint density at radius 1 is 1.30 bits per heavy atom. The topological polar surface area (TPSA) is 72.4 Å². The summed E-state index contributed by atoms with van der Waals surface area (Å²) >= 11 is 6.03. The van der Waals surface area contributed by atoms with E-state index in [0.717, 1.165) is 18.4 Å². The average molecular weight is 384 g/mol. The third-order valence-electron chi connectivity index (χ3n) is 4.54. The van der Waals surface area contributed by atoms with Crippen LogP contribution in [0.25, 0.3) is 17.5 Å². The van der Waals surface area contributed by atoms with E-state index in [1.54, 1.807) is 41.5 Å². The van der Waals surface area contributed by atoms with E-state index in [1.165, 1.54) is 6.08 Å². The van der Waals surface area contributed by atoms with Gasteiger partial charge in [-0.25, -0.2) is 0 Å². The lowest BCUT2D eigenvalue weighted by atomic mass is 9.98. The molecular formula is C20H18ClN3O3. The summed E-state index contributed by atoms with van der Waals surface area (Å²) in [6.07, 6.45) is 6.58. The SMILES string of the molecule is O=C(/C=C/c1ccco1)N1CCCC(c2nc(-c3cccc(Cl)c3)no2)C1. The molecule has 138 valence electrons. The smallest absolute Gasteiger partial charge is 0.246 e. The van der Waals surface area contributed by atoms with Crippen molar-refractivity contribution in [2.24, 2.45) is 0 Å². The van der Waals surface area contributed by atoms with Crippen LogP contribution in [0.2, 0.25) is 5.02 Å². The van der Waals surface area contributed by atoms with Gasteiger partial charge in [0.15, 0.2) is 0 Å². The minimum absolute atomic E-state index is 0.0279. The highest BCUT2D eigenvalue weighted by Crippen LogP contribution is 2.28. The lowest BCUT2D eigenvalue weighted by molar-refractivity contribution is -0.127. The molecule has 7 heteroatoms. The molecule has 3 aromatic rings. The van der Waals surface area contributed by atoms with Gasteiger partial charge in [-0.05, 0) is 43.2 Å². The standard InChI is InChI=1S/C20H18ClN3O3/c21-16-6-1-4-14(12-16)19-22-20(27-23-19)15-5-2-10-24(13-15)18(25)9-8-17-7-3-11-26-17/h1,3-4,6-9,11-12,15H,2,5,10,13H2/b9-8+. The Bertz CT molecular complexity index is 949. The molecule has 0 N–H and O–H groups in total. The maximum atomic E-state index is 12.5. The number of rotatable bonds is 4. The van der Waals surface area contributed by atoms with Gasteiger partial charge in [0, 0.05) is 29.8 Å². The lowest BCUT2D eigenvalue weighted by Gasteiger charge is -2.30. The monoisotopic (exact) mass is 383 g/mol. The van der Waals surface area contributed by atoms with Crippen LogP contribution in [0.3, 0.4) is 0 Å². The molecule has 4 rings (SSSR count). The molecule has 1 fully saturated rings. The summed E-state index contributed by atoms with van der Waals surface area (Å²) in [6.45, 7) is 1.27. The van der Waals surface area contributed by atoms with Gasteiger partial charge < -0.3 is 13.8 Å². The Kier molecular flexibility index (Phi) is 5.07. The first-order valence-electron chi connectivity index (χ1n) is 8.79. The maximum Gasteiger partial charge on any atom is 0.246 e. The lowest BCUT2D eigenvalue weighted by Crippen LogP contribution is -2.38. The van der Waals surface area contributed by atoms with Crippen molar-refractivity contribution in [2.45, 2.75) is 18.8 Å². The number of nitrogens with zero attached hydrogens (tertiary/aromatic N) is 3. The Balaban J connectivity index is 1.45. The summed E-state index contributed by atoms with van der Waals surface area (Å²) in [5.74, 6) is 1.69. The van der Waals surface area contributed by atoms with Gasteiger partial charge in [0.2, 0.25) is 17.6 Å². The maximum absolute atomic E-state index is 12.5. The van der Waals surface area contributed by atoms with Crippen LogP contribution in [0.1, 0.15) is 30.4 Å². The van der Waals surface area contributed by atoms with E-state index < -0.39 is 0 Å². The molecule has 1 aromatic carbocycles. The van der Waals surface area contributed by atoms with Crippen LogP contribution in [0, 0.1) is 0 Å². The van der Waals surface area contributed by atoms with Crippen LogP contribution in [0.4, 0.5) is 0 Å². The highest BCUT2D eigenvalue weighted by molar-refractivity contribution is 6.30. The highest BCUT2D eigenvalue weighted by Gasteiger charge is 2.28. The number of hydrogen-bond donors (Lipinski definition) is 0. The van der Waals surface area contributed by atoms with Crippen LogP contribution >= 0.6 is 11.6 Å². The number of carbonyl (C=O) groups excluding carboxylic acids is 1. The zero-order valence-corrected chi connectivity index (χ0v) is 15.3. The zero-order valence-electron chi connectivity index (χ0n) is 14.5. The molecule has 3 heterocycles. The summed E-state index contributed by atoms with van der Waals surface area (Å²) in [5.41, 5.74) is 0.808. The second kappa shape index (κ2) is 7.80. The van der Waals surface area contributed by atoms with Gasteiger partial charge in [-0.2, -0.15) is 4.98 Å². The number of benzene rings is 1. The summed E-state index contributed by atoms with van der Waals surface area (Å²) in [4.78, 5) is 18.8. The van der Waals surface area contributed by atoms with E-state index in [1.807, 2.05) is 12.1 Å². The van der Waals surface area contributed by atoms with Crippen molar-refractivity contribution >= 4 is 23.6 Å². The minimum Gasteiger partial charge on any atom is -0.465 e. The minimum atomic E-state index is -0.0503. The first-order chi connectivity index (χ1) is 13.2. The molecular weight excluding hydrogens is 366 g/mol. The number of likely N-dealkylation sites (tertiary alicyclic amines) is 1. The average Bonchev–Trinajstić information content (AvgIpc) is 3.38. The van der Waals surface area contributed by atoms with Crippen LogP contribution in [-0.4, -0.2) is 34.0 Å². The van der Waals surface area contributed by atoms with Crippen molar-refractivity contribution in [1.82, 2.24) is 15.0 Å². The Hall–Kier alpha value is -2.86. The highest BCUT2D eigenvalue weighted by atomic mass is 35.5. The van der Waals surface area contributed by atoms with Crippen molar-refractivity contribution in [3.63, 3.8) is 0 Å². The van der Waals surface area contributed by atoms with E-state index in [4.69, 9.17) is 20.5 Å². The normalized spacial score (nSPS) is 17.5.